The van der Waals surface area contributed by atoms with Crippen LogP contribution in [-0.2, 0) is 13.0 Å². The molecule has 2 heterocycles. The molecule has 0 aliphatic carbocycles. The minimum absolute atomic E-state index is 0.0273. The lowest BCUT2D eigenvalue weighted by Gasteiger charge is -2.31. The van der Waals surface area contributed by atoms with Crippen LogP contribution in [-0.4, -0.2) is 41.5 Å². The fourth-order valence-electron chi connectivity index (χ4n) is 2.84. The molecule has 8 heteroatoms. The molecule has 3 rings (SSSR count). The van der Waals surface area contributed by atoms with Crippen LogP contribution in [0.3, 0.4) is 0 Å². The molecular formula is C17H19ClFN5O. The highest BCUT2D eigenvalue weighted by molar-refractivity contribution is 6.31. The van der Waals surface area contributed by atoms with Crippen molar-refractivity contribution in [2.45, 2.75) is 19.9 Å². The van der Waals surface area contributed by atoms with E-state index in [1.54, 1.807) is 4.90 Å². The molecule has 0 bridgehead atoms. The highest BCUT2D eigenvalue weighted by Crippen LogP contribution is 2.26. The number of hydrogen-bond donors (Lipinski definition) is 1. The highest BCUT2D eigenvalue weighted by atomic mass is 35.5. The Balaban J connectivity index is 1.80. The predicted molar refractivity (Wildman–Crippen MR) is 95.6 cm³/mol. The summed E-state index contributed by atoms with van der Waals surface area (Å²) in [5.74, 6) is 1.03. The van der Waals surface area contributed by atoms with Gasteiger partial charge in [-0.2, -0.15) is 0 Å². The molecule has 132 valence electrons. The maximum Gasteiger partial charge on any atom is 0.322 e. The minimum atomic E-state index is -0.519. The van der Waals surface area contributed by atoms with Crippen molar-refractivity contribution in [2.24, 2.45) is 0 Å². The maximum absolute atomic E-state index is 13.2. The fourth-order valence-corrected chi connectivity index (χ4v) is 3.02. The first-order valence-corrected chi connectivity index (χ1v) is 8.27. The number of aromatic nitrogens is 2. The van der Waals surface area contributed by atoms with E-state index in [0.717, 1.165) is 22.9 Å². The topological polar surface area (TPSA) is 61.4 Å². The van der Waals surface area contributed by atoms with Gasteiger partial charge in [0.25, 0.3) is 0 Å². The highest BCUT2D eigenvalue weighted by Gasteiger charge is 2.26. The van der Waals surface area contributed by atoms with Gasteiger partial charge in [0.15, 0.2) is 0 Å². The number of urea groups is 1. The molecule has 1 aliphatic rings. The van der Waals surface area contributed by atoms with E-state index in [0.29, 0.717) is 25.2 Å². The smallest absolute Gasteiger partial charge is 0.322 e. The number of benzene rings is 1. The number of rotatable bonds is 2. The van der Waals surface area contributed by atoms with Crippen LogP contribution in [0.25, 0.3) is 0 Å². The first-order valence-electron chi connectivity index (χ1n) is 7.90. The Labute approximate surface area is 150 Å². The lowest BCUT2D eigenvalue weighted by Crippen LogP contribution is -2.40. The van der Waals surface area contributed by atoms with E-state index in [1.807, 2.05) is 25.9 Å². The summed E-state index contributed by atoms with van der Waals surface area (Å²) in [6.45, 7) is 2.84. The molecule has 0 fully saturated rings. The number of fused-ring (bicyclic) bond motifs is 1. The van der Waals surface area contributed by atoms with Crippen LogP contribution in [0.4, 0.5) is 20.7 Å². The van der Waals surface area contributed by atoms with E-state index in [4.69, 9.17) is 11.6 Å². The van der Waals surface area contributed by atoms with Gasteiger partial charge in [0, 0.05) is 38.3 Å². The molecule has 2 aromatic rings. The Morgan fingerprint density at radius 3 is 2.80 bits per heavy atom. The second-order valence-electron chi connectivity index (χ2n) is 6.14. The number of carbonyl (C=O) groups excluding carboxylic acids is 1. The summed E-state index contributed by atoms with van der Waals surface area (Å²) in [5, 5.41) is 2.72. The van der Waals surface area contributed by atoms with Crippen LogP contribution >= 0.6 is 11.6 Å². The van der Waals surface area contributed by atoms with E-state index >= 15 is 0 Å². The number of nitrogens with zero attached hydrogens (tertiary/aromatic N) is 4. The molecule has 0 radical (unpaired) electrons. The summed E-state index contributed by atoms with van der Waals surface area (Å²) in [7, 11) is 3.84. The molecule has 0 unspecified atom stereocenters. The number of amides is 2. The van der Waals surface area contributed by atoms with Gasteiger partial charge >= 0.3 is 6.03 Å². The van der Waals surface area contributed by atoms with Gasteiger partial charge in [-0.1, -0.05) is 11.6 Å². The van der Waals surface area contributed by atoms with Crippen molar-refractivity contribution in [1.82, 2.24) is 14.9 Å². The minimum Gasteiger partial charge on any atom is -0.362 e. The Bertz CT molecular complexity index is 827. The summed E-state index contributed by atoms with van der Waals surface area (Å²) >= 11 is 5.76. The average molecular weight is 364 g/mol. The lowest BCUT2D eigenvalue weighted by molar-refractivity contribution is 0.206. The van der Waals surface area contributed by atoms with Crippen molar-refractivity contribution < 1.29 is 9.18 Å². The largest absolute Gasteiger partial charge is 0.362 e. The summed E-state index contributed by atoms with van der Waals surface area (Å²) < 4.78 is 13.2. The zero-order valence-electron chi connectivity index (χ0n) is 14.3. The molecule has 2 amide bonds. The summed E-state index contributed by atoms with van der Waals surface area (Å²) in [5.41, 5.74) is 2.38. The first-order chi connectivity index (χ1) is 11.8. The van der Waals surface area contributed by atoms with Gasteiger partial charge in [0.1, 0.15) is 17.5 Å². The summed E-state index contributed by atoms with van der Waals surface area (Å²) in [6.07, 6.45) is 0.664. The molecule has 25 heavy (non-hydrogen) atoms. The van der Waals surface area contributed by atoms with Crippen molar-refractivity contribution in [2.75, 3.05) is 30.9 Å². The molecule has 1 aliphatic heterocycles. The van der Waals surface area contributed by atoms with Crippen molar-refractivity contribution >= 4 is 29.1 Å². The monoisotopic (exact) mass is 363 g/mol. The van der Waals surface area contributed by atoms with Crippen LogP contribution in [0.15, 0.2) is 18.2 Å². The number of nitrogens with one attached hydrogen (secondary N) is 1. The number of halogens is 2. The van der Waals surface area contributed by atoms with Crippen LogP contribution in [0.2, 0.25) is 5.02 Å². The molecular weight excluding hydrogens is 345 g/mol. The van der Waals surface area contributed by atoms with Crippen LogP contribution < -0.4 is 10.2 Å². The maximum atomic E-state index is 13.2. The molecule has 0 saturated heterocycles. The normalized spacial score (nSPS) is 13.4. The van der Waals surface area contributed by atoms with E-state index in [2.05, 4.69) is 15.3 Å². The first kappa shape index (κ1) is 17.4. The van der Waals surface area contributed by atoms with Crippen molar-refractivity contribution in [3.8, 4) is 0 Å². The third-order valence-corrected chi connectivity index (χ3v) is 4.32. The quantitative estimate of drug-likeness (QED) is 0.889. The fraction of sp³-hybridized carbons (Fsp3) is 0.353. The zero-order valence-corrected chi connectivity index (χ0v) is 15.1. The zero-order chi connectivity index (χ0) is 18.1. The molecule has 1 aromatic carbocycles. The van der Waals surface area contributed by atoms with Crippen LogP contribution in [0, 0.1) is 12.7 Å². The van der Waals surface area contributed by atoms with Gasteiger partial charge in [-0.3, -0.25) is 0 Å². The third kappa shape index (κ3) is 3.66. The Morgan fingerprint density at radius 1 is 1.36 bits per heavy atom. The number of hydrogen-bond acceptors (Lipinski definition) is 4. The van der Waals surface area contributed by atoms with Gasteiger partial charge in [-0.25, -0.2) is 19.2 Å². The number of carbonyl (C=O) groups is 1. The van der Waals surface area contributed by atoms with Gasteiger partial charge in [-0.05, 0) is 25.1 Å². The van der Waals surface area contributed by atoms with Crippen LogP contribution in [0.5, 0.6) is 0 Å². The van der Waals surface area contributed by atoms with Crippen molar-refractivity contribution in [1.29, 1.82) is 0 Å². The second kappa shape index (κ2) is 6.84. The molecule has 1 aromatic heterocycles. The number of anilines is 2. The molecule has 0 atom stereocenters. The predicted octanol–water partition coefficient (Wildman–Crippen LogP) is 3.23. The molecule has 0 saturated carbocycles. The Hall–Kier alpha value is -2.41. The van der Waals surface area contributed by atoms with Crippen molar-refractivity contribution in [3.63, 3.8) is 0 Å². The summed E-state index contributed by atoms with van der Waals surface area (Å²) in [4.78, 5) is 25.1. The van der Waals surface area contributed by atoms with Gasteiger partial charge < -0.3 is 15.1 Å². The molecule has 0 spiro atoms. The van der Waals surface area contributed by atoms with E-state index in [9.17, 15) is 9.18 Å². The molecule has 6 nitrogen and oxygen atoms in total. The standard InChI is InChI=1S/C17H19ClFN5O/c1-10-20-15-6-7-24(9-12(15)16(21-10)23(2)3)17(25)22-11-4-5-14(19)13(18)8-11/h4-5,8H,6-7,9H2,1-3H3,(H,22,25). The Morgan fingerprint density at radius 2 is 2.12 bits per heavy atom. The summed E-state index contributed by atoms with van der Waals surface area (Å²) in [6, 6.07) is 3.84. The van der Waals surface area contributed by atoms with Crippen LogP contribution in [0.1, 0.15) is 17.1 Å². The second-order valence-corrected chi connectivity index (χ2v) is 6.55. The van der Waals surface area contributed by atoms with E-state index in [-0.39, 0.29) is 11.1 Å². The molecule has 1 N–H and O–H groups in total. The van der Waals surface area contributed by atoms with Gasteiger partial charge in [0.05, 0.1) is 17.3 Å². The van der Waals surface area contributed by atoms with Gasteiger partial charge in [-0.15, -0.1) is 0 Å². The number of aryl methyl sites for hydroxylation is 1. The third-order valence-electron chi connectivity index (χ3n) is 4.03. The van der Waals surface area contributed by atoms with Crippen molar-refractivity contribution in [3.05, 3.63) is 46.1 Å². The SMILES string of the molecule is Cc1nc2c(c(N(C)C)n1)CN(C(=O)Nc1ccc(F)c(Cl)c1)CC2. The van der Waals surface area contributed by atoms with E-state index < -0.39 is 5.82 Å². The Kier molecular flexibility index (Phi) is 4.76. The lowest BCUT2D eigenvalue weighted by atomic mass is 10.1. The van der Waals surface area contributed by atoms with E-state index in [1.165, 1.54) is 18.2 Å². The average Bonchev–Trinajstić information content (AvgIpc) is 2.56. The van der Waals surface area contributed by atoms with Gasteiger partial charge in [0.2, 0.25) is 0 Å².